The van der Waals surface area contributed by atoms with Gasteiger partial charge in [0.05, 0.1) is 24.0 Å². The second-order valence-electron chi connectivity index (χ2n) is 7.30. The van der Waals surface area contributed by atoms with Crippen molar-refractivity contribution in [2.75, 3.05) is 7.11 Å². The van der Waals surface area contributed by atoms with Gasteiger partial charge in [0.25, 0.3) is 5.91 Å². The Labute approximate surface area is 194 Å². The number of nitrogens with zero attached hydrogens (tertiary/aromatic N) is 4. The predicted molar refractivity (Wildman–Crippen MR) is 120 cm³/mol. The summed E-state index contributed by atoms with van der Waals surface area (Å²) in [5.41, 5.74) is 3.87. The predicted octanol–water partition coefficient (Wildman–Crippen LogP) is 3.33. The zero-order chi connectivity index (χ0) is 25.0. The fourth-order valence-corrected chi connectivity index (χ4v) is 3.23. The minimum absolute atomic E-state index is 0.0497. The van der Waals surface area contributed by atoms with Crippen LogP contribution in [0.5, 0.6) is 11.5 Å². The molecule has 1 N–H and O–H groups in total. The molecule has 1 unspecified atom stereocenters. The molecule has 0 aliphatic heterocycles. The molecule has 12 heteroatoms. The second-order valence-corrected chi connectivity index (χ2v) is 7.30. The van der Waals surface area contributed by atoms with E-state index in [0.29, 0.717) is 11.3 Å². The van der Waals surface area contributed by atoms with Crippen molar-refractivity contribution in [3.63, 3.8) is 0 Å². The van der Waals surface area contributed by atoms with Crippen molar-refractivity contribution in [2.45, 2.75) is 33.7 Å². The number of benzene rings is 1. The number of carbonyl (C=O) groups is 2. The van der Waals surface area contributed by atoms with Crippen molar-refractivity contribution < 1.29 is 28.4 Å². The highest BCUT2D eigenvalue weighted by Gasteiger charge is 2.27. The third kappa shape index (κ3) is 4.95. The highest BCUT2D eigenvalue weighted by atomic mass is 16.6. The number of carbonyl (C=O) groups excluding carboxylic acids is 2. The largest absolute Gasteiger partial charge is 0.493 e. The summed E-state index contributed by atoms with van der Waals surface area (Å²) in [4.78, 5) is 35.4. The molecule has 0 fully saturated rings. The summed E-state index contributed by atoms with van der Waals surface area (Å²) in [7, 11) is 1.42. The van der Waals surface area contributed by atoms with Crippen molar-refractivity contribution >= 4 is 23.3 Å². The molecule has 0 saturated carbocycles. The second kappa shape index (κ2) is 9.98. The number of methoxy groups -OCH3 is 1. The number of furan rings is 1. The van der Waals surface area contributed by atoms with Gasteiger partial charge in [0.15, 0.2) is 11.5 Å². The van der Waals surface area contributed by atoms with Gasteiger partial charge < -0.3 is 13.9 Å². The van der Waals surface area contributed by atoms with Gasteiger partial charge in [-0.2, -0.15) is 10.2 Å². The fraction of sp³-hybridized carbons (Fsp3) is 0.273. The van der Waals surface area contributed by atoms with Crippen molar-refractivity contribution in [2.24, 2.45) is 5.10 Å². The maximum absolute atomic E-state index is 12.6. The lowest BCUT2D eigenvalue weighted by Gasteiger charge is -2.13. The van der Waals surface area contributed by atoms with E-state index in [1.807, 2.05) is 0 Å². The Morgan fingerprint density at radius 1 is 1.26 bits per heavy atom. The van der Waals surface area contributed by atoms with Gasteiger partial charge in [0, 0.05) is 5.56 Å². The first-order valence-corrected chi connectivity index (χ1v) is 10.1. The lowest BCUT2D eigenvalue weighted by Crippen LogP contribution is -2.29. The van der Waals surface area contributed by atoms with E-state index in [9.17, 15) is 19.7 Å². The first kappa shape index (κ1) is 24.2. The van der Waals surface area contributed by atoms with Crippen LogP contribution in [0.3, 0.4) is 0 Å². The molecule has 0 radical (unpaired) electrons. The van der Waals surface area contributed by atoms with Gasteiger partial charge in [0.2, 0.25) is 5.76 Å². The average molecular weight is 469 g/mol. The first-order chi connectivity index (χ1) is 16.1. The number of nitrogens with one attached hydrogen (secondary N) is 1. The quantitative estimate of drug-likeness (QED) is 0.173. The SMILES string of the molecule is COc1cc(/C(C)=N/NC(=O)C(C)n2nc(C)c([N+](=O)[O-])c2C)ccc1OC(=O)c1ccco1. The van der Waals surface area contributed by atoms with Crippen molar-refractivity contribution in [1.29, 1.82) is 0 Å². The Balaban J connectivity index is 1.73. The number of hydrogen-bond acceptors (Lipinski definition) is 9. The van der Waals surface area contributed by atoms with E-state index < -0.39 is 22.8 Å². The molecule has 178 valence electrons. The fourth-order valence-electron chi connectivity index (χ4n) is 3.23. The number of hydrogen-bond donors (Lipinski definition) is 1. The van der Waals surface area contributed by atoms with E-state index in [-0.39, 0.29) is 34.3 Å². The van der Waals surface area contributed by atoms with Gasteiger partial charge in [0.1, 0.15) is 17.4 Å². The highest BCUT2D eigenvalue weighted by molar-refractivity contribution is 6.00. The Bertz CT molecular complexity index is 1260. The van der Waals surface area contributed by atoms with Crippen molar-refractivity contribution in [3.05, 3.63) is 69.4 Å². The molecule has 1 amide bonds. The maximum atomic E-state index is 12.6. The molecule has 0 aliphatic rings. The molecule has 2 aromatic heterocycles. The van der Waals surface area contributed by atoms with Crippen LogP contribution < -0.4 is 14.9 Å². The molecule has 3 rings (SSSR count). The molecular weight excluding hydrogens is 446 g/mol. The van der Waals surface area contributed by atoms with Crippen LogP contribution in [-0.2, 0) is 4.79 Å². The Morgan fingerprint density at radius 3 is 2.59 bits per heavy atom. The van der Waals surface area contributed by atoms with Crippen LogP contribution in [0.2, 0.25) is 0 Å². The summed E-state index contributed by atoms with van der Waals surface area (Å²) in [5.74, 6) is -0.664. The number of hydrazone groups is 1. The topological polar surface area (TPSA) is 151 Å². The third-order valence-corrected chi connectivity index (χ3v) is 5.06. The molecule has 1 aromatic carbocycles. The Hall–Kier alpha value is -4.48. The highest BCUT2D eigenvalue weighted by Crippen LogP contribution is 2.29. The summed E-state index contributed by atoms with van der Waals surface area (Å²) in [6, 6.07) is 7.00. The average Bonchev–Trinajstić information content (AvgIpc) is 3.44. The summed E-state index contributed by atoms with van der Waals surface area (Å²) in [6.45, 7) is 6.28. The molecule has 2 heterocycles. The lowest BCUT2D eigenvalue weighted by atomic mass is 10.1. The number of ether oxygens (including phenoxy) is 2. The molecule has 3 aromatic rings. The number of rotatable bonds is 8. The molecule has 0 aliphatic carbocycles. The van der Waals surface area contributed by atoms with E-state index in [0.717, 1.165) is 0 Å². The zero-order valence-electron chi connectivity index (χ0n) is 19.2. The molecule has 34 heavy (non-hydrogen) atoms. The summed E-state index contributed by atoms with van der Waals surface area (Å²) in [5, 5.41) is 19.4. The maximum Gasteiger partial charge on any atom is 0.379 e. The van der Waals surface area contributed by atoms with Gasteiger partial charge >= 0.3 is 11.7 Å². The van der Waals surface area contributed by atoms with Gasteiger partial charge in [-0.25, -0.2) is 10.2 Å². The first-order valence-electron chi connectivity index (χ1n) is 10.1. The van der Waals surface area contributed by atoms with Crippen LogP contribution in [0.1, 0.15) is 47.4 Å². The number of nitro groups is 1. The summed E-state index contributed by atoms with van der Waals surface area (Å²) >= 11 is 0. The van der Waals surface area contributed by atoms with Crippen LogP contribution in [-0.4, -0.2) is 39.4 Å². The lowest BCUT2D eigenvalue weighted by molar-refractivity contribution is -0.386. The van der Waals surface area contributed by atoms with E-state index in [2.05, 4.69) is 15.6 Å². The Morgan fingerprint density at radius 2 is 2.00 bits per heavy atom. The van der Waals surface area contributed by atoms with Gasteiger partial charge in [-0.1, -0.05) is 0 Å². The van der Waals surface area contributed by atoms with E-state index in [1.165, 1.54) is 44.0 Å². The van der Waals surface area contributed by atoms with Crippen LogP contribution in [0, 0.1) is 24.0 Å². The van der Waals surface area contributed by atoms with Crippen LogP contribution >= 0.6 is 0 Å². The van der Waals surface area contributed by atoms with E-state index in [1.54, 1.807) is 32.0 Å². The molecule has 12 nitrogen and oxygen atoms in total. The molecule has 0 saturated heterocycles. The number of aryl methyl sites for hydroxylation is 1. The van der Waals surface area contributed by atoms with Gasteiger partial charge in [-0.05, 0) is 58.0 Å². The zero-order valence-corrected chi connectivity index (χ0v) is 19.2. The Kier molecular flexibility index (Phi) is 7.09. The van der Waals surface area contributed by atoms with Gasteiger partial charge in [-0.15, -0.1) is 0 Å². The summed E-state index contributed by atoms with van der Waals surface area (Å²) in [6.07, 6.45) is 1.36. The monoisotopic (exact) mass is 469 g/mol. The van der Waals surface area contributed by atoms with E-state index in [4.69, 9.17) is 13.9 Å². The smallest absolute Gasteiger partial charge is 0.379 e. The number of amides is 1. The van der Waals surface area contributed by atoms with Crippen LogP contribution in [0.15, 0.2) is 46.1 Å². The summed E-state index contributed by atoms with van der Waals surface area (Å²) < 4.78 is 16.9. The molecule has 0 bridgehead atoms. The molecule has 1 atom stereocenters. The van der Waals surface area contributed by atoms with Crippen LogP contribution in [0.25, 0.3) is 0 Å². The third-order valence-electron chi connectivity index (χ3n) is 5.06. The minimum atomic E-state index is -0.832. The standard InChI is InChI=1S/C22H23N5O7/c1-12(23-24-21(28)15(4)26-14(3)20(27(30)31)13(2)25-26)16-8-9-17(19(11-16)32-5)34-22(29)18-7-6-10-33-18/h6-11,15H,1-5H3,(H,24,28)/b23-12+. The number of esters is 1. The van der Waals surface area contributed by atoms with Gasteiger partial charge in [-0.3, -0.25) is 19.6 Å². The number of aromatic nitrogens is 2. The minimum Gasteiger partial charge on any atom is -0.493 e. The normalized spacial score (nSPS) is 12.2. The molecular formula is C22H23N5O7. The van der Waals surface area contributed by atoms with Crippen LogP contribution in [0.4, 0.5) is 5.69 Å². The molecule has 0 spiro atoms. The van der Waals surface area contributed by atoms with E-state index >= 15 is 0 Å². The van der Waals surface area contributed by atoms with Crippen molar-refractivity contribution in [3.8, 4) is 11.5 Å². The van der Waals surface area contributed by atoms with Crippen molar-refractivity contribution in [1.82, 2.24) is 15.2 Å².